The highest BCUT2D eigenvalue weighted by Crippen LogP contribution is 2.36. The highest BCUT2D eigenvalue weighted by atomic mass is 35.5. The Morgan fingerprint density at radius 2 is 1.96 bits per heavy atom. The molecule has 0 saturated heterocycles. The summed E-state index contributed by atoms with van der Waals surface area (Å²) in [6.45, 7) is 0.745. The number of pyridine rings is 1. The first kappa shape index (κ1) is 17.4. The Morgan fingerprint density at radius 3 is 2.70 bits per heavy atom. The van der Waals surface area contributed by atoms with Crippen LogP contribution in [0.25, 0.3) is 10.9 Å². The SMILES string of the molecule is COc1cc(NC(=O)c2cn3c4c(cccc4c2=O)CC3)c(OC)cc1Cl. The average Bonchev–Trinajstić information content (AvgIpc) is 3.09. The van der Waals surface area contributed by atoms with Crippen LogP contribution in [0.15, 0.2) is 41.3 Å². The molecule has 0 radical (unpaired) electrons. The number of amides is 1. The van der Waals surface area contributed by atoms with Crippen molar-refractivity contribution in [2.75, 3.05) is 19.5 Å². The number of methoxy groups -OCH3 is 2. The number of hydrogen-bond acceptors (Lipinski definition) is 4. The molecule has 2 heterocycles. The van der Waals surface area contributed by atoms with E-state index in [1.165, 1.54) is 14.2 Å². The van der Waals surface area contributed by atoms with Crippen LogP contribution in [0.3, 0.4) is 0 Å². The topological polar surface area (TPSA) is 69.6 Å². The summed E-state index contributed by atoms with van der Waals surface area (Å²) in [5.41, 5.74) is 2.20. The van der Waals surface area contributed by atoms with E-state index in [1.807, 2.05) is 16.7 Å². The molecule has 3 aromatic rings. The summed E-state index contributed by atoms with van der Waals surface area (Å²) in [7, 11) is 2.95. The molecule has 0 bridgehead atoms. The van der Waals surface area contributed by atoms with Crippen molar-refractivity contribution in [1.82, 2.24) is 4.57 Å². The Balaban J connectivity index is 1.78. The van der Waals surface area contributed by atoms with E-state index in [1.54, 1.807) is 24.4 Å². The molecule has 27 heavy (non-hydrogen) atoms. The standard InChI is InChI=1S/C20H17ClN2O4/c1-26-16-9-15(17(27-2)8-14(16)21)22-20(25)13-10-23-7-6-11-4-3-5-12(18(11)23)19(13)24/h3-5,8-10H,6-7H2,1-2H3,(H,22,25). The van der Waals surface area contributed by atoms with E-state index in [9.17, 15) is 9.59 Å². The third-order valence-electron chi connectivity index (χ3n) is 4.77. The summed E-state index contributed by atoms with van der Waals surface area (Å²) < 4.78 is 12.4. The molecule has 0 saturated carbocycles. The van der Waals surface area contributed by atoms with E-state index in [4.69, 9.17) is 21.1 Å². The number of ether oxygens (including phenoxy) is 2. The van der Waals surface area contributed by atoms with Gasteiger partial charge in [0, 0.05) is 30.3 Å². The minimum Gasteiger partial charge on any atom is -0.495 e. The van der Waals surface area contributed by atoms with Crippen molar-refractivity contribution >= 4 is 34.1 Å². The van der Waals surface area contributed by atoms with E-state index in [0.717, 1.165) is 24.0 Å². The Kier molecular flexibility index (Phi) is 4.28. The van der Waals surface area contributed by atoms with Gasteiger partial charge < -0.3 is 19.4 Å². The quantitative estimate of drug-likeness (QED) is 0.747. The van der Waals surface area contributed by atoms with Crippen LogP contribution in [0.2, 0.25) is 5.02 Å². The molecule has 0 unspecified atom stereocenters. The number of anilines is 1. The minimum absolute atomic E-state index is 0.0810. The molecule has 0 spiro atoms. The summed E-state index contributed by atoms with van der Waals surface area (Å²) >= 11 is 6.10. The van der Waals surface area contributed by atoms with E-state index >= 15 is 0 Å². The molecule has 138 valence electrons. The Labute approximate surface area is 160 Å². The molecule has 0 fully saturated rings. The molecule has 7 heteroatoms. The van der Waals surface area contributed by atoms with Crippen molar-refractivity contribution in [2.45, 2.75) is 13.0 Å². The van der Waals surface area contributed by atoms with Gasteiger partial charge >= 0.3 is 0 Å². The van der Waals surface area contributed by atoms with Gasteiger partial charge in [0.2, 0.25) is 5.43 Å². The van der Waals surface area contributed by atoms with Gasteiger partial charge in [0.1, 0.15) is 17.1 Å². The normalized spacial score (nSPS) is 12.3. The predicted molar refractivity (Wildman–Crippen MR) is 104 cm³/mol. The van der Waals surface area contributed by atoms with Crippen molar-refractivity contribution < 1.29 is 14.3 Å². The fourth-order valence-electron chi connectivity index (χ4n) is 3.47. The first-order valence-corrected chi connectivity index (χ1v) is 8.79. The van der Waals surface area contributed by atoms with Gasteiger partial charge in [0.25, 0.3) is 5.91 Å². The number of nitrogens with zero attached hydrogens (tertiary/aromatic N) is 1. The van der Waals surface area contributed by atoms with Gasteiger partial charge in [-0.1, -0.05) is 23.7 Å². The van der Waals surface area contributed by atoms with Crippen molar-refractivity contribution in [3.05, 3.63) is 62.9 Å². The average molecular weight is 385 g/mol. The number of halogens is 1. The van der Waals surface area contributed by atoms with Gasteiger partial charge in [-0.3, -0.25) is 9.59 Å². The number of benzene rings is 2. The van der Waals surface area contributed by atoms with Gasteiger partial charge in [0.05, 0.1) is 30.4 Å². The summed E-state index contributed by atoms with van der Waals surface area (Å²) in [5, 5.41) is 3.65. The lowest BCUT2D eigenvalue weighted by molar-refractivity contribution is 0.102. The molecule has 0 atom stereocenters. The van der Waals surface area contributed by atoms with Crippen LogP contribution in [0.1, 0.15) is 15.9 Å². The fourth-order valence-corrected chi connectivity index (χ4v) is 3.70. The van der Waals surface area contributed by atoms with Crippen LogP contribution in [0.4, 0.5) is 5.69 Å². The van der Waals surface area contributed by atoms with E-state index in [2.05, 4.69) is 5.32 Å². The number of nitrogens with one attached hydrogen (secondary N) is 1. The zero-order valence-corrected chi connectivity index (χ0v) is 15.6. The van der Waals surface area contributed by atoms with Crippen LogP contribution in [-0.2, 0) is 13.0 Å². The lowest BCUT2D eigenvalue weighted by Gasteiger charge is -2.14. The Bertz CT molecular complexity index is 1140. The number of aryl methyl sites for hydroxylation is 2. The second-order valence-corrected chi connectivity index (χ2v) is 6.68. The second-order valence-electron chi connectivity index (χ2n) is 6.27. The molecule has 2 aromatic carbocycles. The number of carbonyl (C=O) groups excluding carboxylic acids is 1. The summed E-state index contributed by atoms with van der Waals surface area (Å²) in [6, 6.07) is 8.73. The fraction of sp³-hybridized carbons (Fsp3) is 0.200. The van der Waals surface area contributed by atoms with Crippen LogP contribution in [0, 0.1) is 0 Å². The summed E-state index contributed by atoms with van der Waals surface area (Å²) in [4.78, 5) is 25.7. The zero-order valence-electron chi connectivity index (χ0n) is 14.8. The van der Waals surface area contributed by atoms with Crippen molar-refractivity contribution in [1.29, 1.82) is 0 Å². The second kappa shape index (κ2) is 6.63. The number of rotatable bonds is 4. The summed E-state index contributed by atoms with van der Waals surface area (Å²) in [6.07, 6.45) is 2.47. The number of para-hydroxylation sites is 1. The van der Waals surface area contributed by atoms with E-state index in [-0.39, 0.29) is 11.0 Å². The molecule has 1 aliphatic rings. The van der Waals surface area contributed by atoms with Gasteiger partial charge in [-0.05, 0) is 18.1 Å². The molecule has 0 aliphatic carbocycles. The van der Waals surface area contributed by atoms with E-state index < -0.39 is 5.91 Å². The molecule has 1 N–H and O–H groups in total. The van der Waals surface area contributed by atoms with Gasteiger partial charge in [0.15, 0.2) is 0 Å². The van der Waals surface area contributed by atoms with Crippen molar-refractivity contribution in [3.63, 3.8) is 0 Å². The maximum atomic E-state index is 12.9. The third kappa shape index (κ3) is 2.82. The van der Waals surface area contributed by atoms with Crippen LogP contribution in [-0.4, -0.2) is 24.7 Å². The smallest absolute Gasteiger partial charge is 0.261 e. The molecular weight excluding hydrogens is 368 g/mol. The molecular formula is C20H17ClN2O4. The first-order chi connectivity index (χ1) is 13.0. The lowest BCUT2D eigenvalue weighted by Crippen LogP contribution is -2.23. The van der Waals surface area contributed by atoms with Gasteiger partial charge in [-0.2, -0.15) is 0 Å². The highest BCUT2D eigenvalue weighted by molar-refractivity contribution is 6.32. The van der Waals surface area contributed by atoms with E-state index in [0.29, 0.717) is 27.6 Å². The minimum atomic E-state index is -0.509. The lowest BCUT2D eigenvalue weighted by atomic mass is 10.1. The van der Waals surface area contributed by atoms with Crippen LogP contribution < -0.4 is 20.2 Å². The molecule has 1 aromatic heterocycles. The zero-order chi connectivity index (χ0) is 19.1. The first-order valence-electron chi connectivity index (χ1n) is 8.41. The van der Waals surface area contributed by atoms with Gasteiger partial charge in [-0.15, -0.1) is 0 Å². The van der Waals surface area contributed by atoms with Gasteiger partial charge in [-0.25, -0.2) is 0 Å². The Morgan fingerprint density at radius 1 is 1.19 bits per heavy atom. The summed E-state index contributed by atoms with van der Waals surface area (Å²) in [5.74, 6) is 0.263. The highest BCUT2D eigenvalue weighted by Gasteiger charge is 2.21. The molecule has 6 nitrogen and oxygen atoms in total. The molecule has 1 amide bonds. The number of aromatic nitrogens is 1. The number of carbonyl (C=O) groups is 1. The molecule has 4 rings (SSSR count). The third-order valence-corrected chi connectivity index (χ3v) is 5.07. The monoisotopic (exact) mass is 384 g/mol. The largest absolute Gasteiger partial charge is 0.495 e. The Hall–Kier alpha value is -2.99. The maximum Gasteiger partial charge on any atom is 0.261 e. The van der Waals surface area contributed by atoms with Crippen LogP contribution in [0.5, 0.6) is 11.5 Å². The number of hydrogen-bond donors (Lipinski definition) is 1. The van der Waals surface area contributed by atoms with Crippen LogP contribution >= 0.6 is 11.6 Å². The maximum absolute atomic E-state index is 12.9. The molecule has 1 aliphatic heterocycles. The van der Waals surface area contributed by atoms with Crippen molar-refractivity contribution in [3.8, 4) is 11.5 Å². The van der Waals surface area contributed by atoms with Crippen molar-refractivity contribution in [2.24, 2.45) is 0 Å². The predicted octanol–water partition coefficient (Wildman–Crippen LogP) is 3.48.